The van der Waals surface area contributed by atoms with Crippen molar-refractivity contribution in [2.24, 2.45) is 0 Å². The lowest BCUT2D eigenvalue weighted by Gasteiger charge is -2.05. The first-order chi connectivity index (χ1) is 9.54. The summed E-state index contributed by atoms with van der Waals surface area (Å²) in [7, 11) is 0. The van der Waals surface area contributed by atoms with Crippen molar-refractivity contribution in [1.29, 1.82) is 0 Å². The van der Waals surface area contributed by atoms with Gasteiger partial charge in [-0.05, 0) is 42.8 Å². The third-order valence-corrected chi connectivity index (χ3v) is 3.44. The molecule has 1 heterocycles. The lowest BCUT2D eigenvalue weighted by Crippen LogP contribution is -2.15. The Labute approximate surface area is 119 Å². The summed E-state index contributed by atoms with van der Waals surface area (Å²) < 4.78 is 25.7. The maximum atomic E-state index is 13.0. The van der Waals surface area contributed by atoms with Gasteiger partial charge in [-0.15, -0.1) is 11.8 Å². The van der Waals surface area contributed by atoms with Gasteiger partial charge in [-0.25, -0.2) is 13.8 Å². The number of benzene rings is 1. The topological polar surface area (TPSA) is 42.0 Å². The molecule has 0 radical (unpaired) electrons. The van der Waals surface area contributed by atoms with Crippen LogP contribution in [0.25, 0.3) is 0 Å². The normalized spacial score (nSPS) is 10.3. The SMILES string of the molecule is Cc1ccnc(NC(=O)CSc2ccc(F)c(F)c2)c1. The third kappa shape index (κ3) is 4.03. The first kappa shape index (κ1) is 14.5. The number of hydrogen-bond acceptors (Lipinski definition) is 3. The van der Waals surface area contributed by atoms with Crippen molar-refractivity contribution in [1.82, 2.24) is 4.98 Å². The Kier molecular flexibility index (Phi) is 4.68. The van der Waals surface area contributed by atoms with Crippen LogP contribution < -0.4 is 5.32 Å². The molecule has 104 valence electrons. The number of halogens is 2. The van der Waals surface area contributed by atoms with Gasteiger partial charge in [0.1, 0.15) is 5.82 Å². The highest BCUT2D eigenvalue weighted by molar-refractivity contribution is 8.00. The van der Waals surface area contributed by atoms with Crippen molar-refractivity contribution in [3.8, 4) is 0 Å². The van der Waals surface area contributed by atoms with Gasteiger partial charge >= 0.3 is 0 Å². The summed E-state index contributed by atoms with van der Waals surface area (Å²) in [5, 5.41) is 2.64. The maximum Gasteiger partial charge on any atom is 0.235 e. The largest absolute Gasteiger partial charge is 0.310 e. The van der Waals surface area contributed by atoms with E-state index in [0.29, 0.717) is 10.7 Å². The van der Waals surface area contributed by atoms with E-state index in [1.165, 1.54) is 6.07 Å². The smallest absolute Gasteiger partial charge is 0.235 e. The lowest BCUT2D eigenvalue weighted by molar-refractivity contribution is -0.113. The van der Waals surface area contributed by atoms with Gasteiger partial charge in [0.2, 0.25) is 5.91 Å². The van der Waals surface area contributed by atoms with Crippen molar-refractivity contribution in [3.63, 3.8) is 0 Å². The fourth-order valence-corrected chi connectivity index (χ4v) is 2.22. The summed E-state index contributed by atoms with van der Waals surface area (Å²) in [4.78, 5) is 16.2. The van der Waals surface area contributed by atoms with Crippen LogP contribution in [0.15, 0.2) is 41.4 Å². The predicted octanol–water partition coefficient (Wildman–Crippen LogP) is 3.40. The van der Waals surface area contributed by atoms with Crippen LogP contribution in [0.3, 0.4) is 0 Å². The van der Waals surface area contributed by atoms with Crippen LogP contribution >= 0.6 is 11.8 Å². The Morgan fingerprint density at radius 2 is 2.05 bits per heavy atom. The second kappa shape index (κ2) is 6.47. The number of carbonyl (C=O) groups is 1. The molecule has 0 aliphatic carbocycles. The van der Waals surface area contributed by atoms with Crippen LogP contribution in [0.1, 0.15) is 5.56 Å². The molecule has 0 fully saturated rings. The second-order valence-electron chi connectivity index (χ2n) is 4.13. The Hall–Kier alpha value is -1.95. The van der Waals surface area contributed by atoms with Crippen LogP contribution in [0.5, 0.6) is 0 Å². The van der Waals surface area contributed by atoms with E-state index < -0.39 is 11.6 Å². The van der Waals surface area contributed by atoms with E-state index in [1.54, 1.807) is 12.3 Å². The zero-order chi connectivity index (χ0) is 14.5. The number of aryl methyl sites for hydroxylation is 1. The molecule has 0 unspecified atom stereocenters. The summed E-state index contributed by atoms with van der Waals surface area (Å²) in [5.74, 6) is -1.50. The van der Waals surface area contributed by atoms with E-state index >= 15 is 0 Å². The average Bonchev–Trinajstić information content (AvgIpc) is 2.40. The first-order valence-electron chi connectivity index (χ1n) is 5.85. The molecule has 20 heavy (non-hydrogen) atoms. The highest BCUT2D eigenvalue weighted by atomic mass is 32.2. The summed E-state index contributed by atoms with van der Waals surface area (Å²) in [5.41, 5.74) is 0.989. The van der Waals surface area contributed by atoms with Gasteiger partial charge in [-0.1, -0.05) is 0 Å². The maximum absolute atomic E-state index is 13.0. The molecule has 2 rings (SSSR count). The molecule has 6 heteroatoms. The number of rotatable bonds is 4. The van der Waals surface area contributed by atoms with Crippen LogP contribution in [0, 0.1) is 18.6 Å². The molecule has 0 aliphatic heterocycles. The number of hydrogen-bond donors (Lipinski definition) is 1. The van der Waals surface area contributed by atoms with E-state index in [0.717, 1.165) is 29.5 Å². The number of nitrogens with zero attached hydrogens (tertiary/aromatic N) is 1. The van der Waals surface area contributed by atoms with Crippen molar-refractivity contribution >= 4 is 23.5 Å². The molecule has 0 bridgehead atoms. The molecule has 0 saturated heterocycles. The third-order valence-electron chi connectivity index (χ3n) is 2.44. The highest BCUT2D eigenvalue weighted by Crippen LogP contribution is 2.20. The Balaban J connectivity index is 1.90. The van der Waals surface area contributed by atoms with E-state index in [4.69, 9.17) is 0 Å². The van der Waals surface area contributed by atoms with Crippen LogP contribution in [-0.4, -0.2) is 16.6 Å². The van der Waals surface area contributed by atoms with Crippen LogP contribution in [-0.2, 0) is 4.79 Å². The average molecular weight is 294 g/mol. The minimum Gasteiger partial charge on any atom is -0.310 e. The minimum absolute atomic E-state index is 0.0979. The molecule has 3 nitrogen and oxygen atoms in total. The van der Waals surface area contributed by atoms with Gasteiger partial charge in [0, 0.05) is 11.1 Å². The Morgan fingerprint density at radius 1 is 1.25 bits per heavy atom. The number of nitrogens with one attached hydrogen (secondary N) is 1. The van der Waals surface area contributed by atoms with Crippen molar-refractivity contribution in [3.05, 3.63) is 53.7 Å². The van der Waals surface area contributed by atoms with Gasteiger partial charge in [0.25, 0.3) is 0 Å². The summed E-state index contributed by atoms with van der Waals surface area (Å²) >= 11 is 1.13. The molecule has 0 aliphatic rings. The van der Waals surface area contributed by atoms with Gasteiger partial charge in [0.15, 0.2) is 11.6 Å². The summed E-state index contributed by atoms with van der Waals surface area (Å²) in [6.07, 6.45) is 1.60. The van der Waals surface area contributed by atoms with Crippen LogP contribution in [0.2, 0.25) is 0 Å². The molecule has 0 atom stereocenters. The Bertz CT molecular complexity index is 634. The van der Waals surface area contributed by atoms with Gasteiger partial charge in [-0.3, -0.25) is 4.79 Å². The molecular formula is C14H12F2N2OS. The summed E-state index contributed by atoms with van der Waals surface area (Å²) in [6, 6.07) is 7.11. The molecular weight excluding hydrogens is 282 g/mol. The molecule has 1 N–H and O–H groups in total. The minimum atomic E-state index is -0.921. The molecule has 1 aromatic carbocycles. The van der Waals surface area contributed by atoms with Crippen molar-refractivity contribution < 1.29 is 13.6 Å². The molecule has 1 amide bonds. The number of anilines is 1. The van der Waals surface area contributed by atoms with Crippen LogP contribution in [0.4, 0.5) is 14.6 Å². The quantitative estimate of drug-likeness (QED) is 0.879. The van der Waals surface area contributed by atoms with E-state index in [9.17, 15) is 13.6 Å². The first-order valence-corrected chi connectivity index (χ1v) is 6.83. The molecule has 0 spiro atoms. The fourth-order valence-electron chi connectivity index (χ4n) is 1.50. The van der Waals surface area contributed by atoms with Crippen molar-refractivity contribution in [2.45, 2.75) is 11.8 Å². The number of aromatic nitrogens is 1. The predicted molar refractivity (Wildman–Crippen MR) is 74.7 cm³/mol. The van der Waals surface area contributed by atoms with Gasteiger partial charge < -0.3 is 5.32 Å². The van der Waals surface area contributed by atoms with E-state index in [2.05, 4.69) is 10.3 Å². The van der Waals surface area contributed by atoms with E-state index in [1.807, 2.05) is 13.0 Å². The molecule has 0 saturated carbocycles. The zero-order valence-corrected chi connectivity index (χ0v) is 11.5. The number of pyridine rings is 1. The zero-order valence-electron chi connectivity index (χ0n) is 10.7. The van der Waals surface area contributed by atoms with Gasteiger partial charge in [-0.2, -0.15) is 0 Å². The highest BCUT2D eigenvalue weighted by Gasteiger charge is 2.07. The van der Waals surface area contributed by atoms with Gasteiger partial charge in [0.05, 0.1) is 5.75 Å². The second-order valence-corrected chi connectivity index (χ2v) is 5.18. The Morgan fingerprint density at radius 3 is 2.75 bits per heavy atom. The summed E-state index contributed by atoms with van der Waals surface area (Å²) in [6.45, 7) is 1.90. The standard InChI is InChI=1S/C14H12F2N2OS/c1-9-4-5-17-13(6-9)18-14(19)8-20-10-2-3-11(15)12(16)7-10/h2-7H,8H2,1H3,(H,17,18,19). The number of carbonyl (C=O) groups excluding carboxylic acids is 1. The molecule has 2 aromatic rings. The number of amides is 1. The lowest BCUT2D eigenvalue weighted by atomic mass is 10.3. The number of thioether (sulfide) groups is 1. The van der Waals surface area contributed by atoms with Crippen molar-refractivity contribution in [2.75, 3.05) is 11.1 Å². The molecule has 1 aromatic heterocycles. The monoisotopic (exact) mass is 294 g/mol. The van der Waals surface area contributed by atoms with E-state index in [-0.39, 0.29) is 11.7 Å². The fraction of sp³-hybridized carbons (Fsp3) is 0.143.